The van der Waals surface area contributed by atoms with Gasteiger partial charge in [0.1, 0.15) is 6.29 Å². The Balaban J connectivity index is 3.55. The SMILES string of the molecule is O=CC(Cl)S(=O)[O-]. The van der Waals surface area contributed by atoms with Gasteiger partial charge in [-0.2, -0.15) is 0 Å². The van der Waals surface area contributed by atoms with Gasteiger partial charge in [0.2, 0.25) is 0 Å². The quantitative estimate of drug-likeness (QED) is 0.300. The lowest BCUT2D eigenvalue weighted by atomic mass is 10.9. The molecule has 0 saturated heterocycles. The highest BCUT2D eigenvalue weighted by atomic mass is 35.5. The molecule has 42 valence electrons. The molecule has 7 heavy (non-hydrogen) atoms. The summed E-state index contributed by atoms with van der Waals surface area (Å²) in [6, 6.07) is 0. The van der Waals surface area contributed by atoms with Crippen LogP contribution in [0, 0.1) is 0 Å². The Hall–Kier alpha value is 0.0700. The summed E-state index contributed by atoms with van der Waals surface area (Å²) in [6.07, 6.45) is 0.144. The van der Waals surface area contributed by atoms with Gasteiger partial charge in [-0.1, -0.05) is 0 Å². The summed E-state index contributed by atoms with van der Waals surface area (Å²) >= 11 is 2.36. The molecule has 0 aromatic rings. The average Bonchev–Trinajstić information content (AvgIpc) is 1.65. The molecule has 2 unspecified atom stereocenters. The molecular formula is C2H2ClO3S-. The molecule has 0 radical (unpaired) electrons. The number of alkyl halides is 1. The first kappa shape index (κ1) is 7.07. The first-order chi connectivity index (χ1) is 3.18. The molecule has 2 atom stereocenters. The van der Waals surface area contributed by atoms with Gasteiger partial charge in [0.15, 0.2) is 4.71 Å². The average molecular weight is 142 g/mol. The second-order valence-electron chi connectivity index (χ2n) is 0.748. The van der Waals surface area contributed by atoms with Gasteiger partial charge >= 0.3 is 0 Å². The van der Waals surface area contributed by atoms with E-state index in [1.165, 1.54) is 0 Å². The van der Waals surface area contributed by atoms with Gasteiger partial charge in [0, 0.05) is 0 Å². The first-order valence-corrected chi connectivity index (χ1v) is 2.93. The van der Waals surface area contributed by atoms with E-state index >= 15 is 0 Å². The summed E-state index contributed by atoms with van der Waals surface area (Å²) in [6.45, 7) is 0. The number of aldehydes is 1. The summed E-state index contributed by atoms with van der Waals surface area (Å²) < 4.78 is 17.7. The fraction of sp³-hybridized carbons (Fsp3) is 0.500. The molecule has 0 aliphatic rings. The molecule has 0 spiro atoms. The zero-order valence-corrected chi connectivity index (χ0v) is 4.74. The zero-order chi connectivity index (χ0) is 5.86. The van der Waals surface area contributed by atoms with Gasteiger partial charge < -0.3 is 9.35 Å². The minimum absolute atomic E-state index is 0.144. The molecule has 0 aliphatic heterocycles. The minimum Gasteiger partial charge on any atom is -0.771 e. The van der Waals surface area contributed by atoms with E-state index in [1.54, 1.807) is 0 Å². The van der Waals surface area contributed by atoms with Crippen LogP contribution < -0.4 is 0 Å². The van der Waals surface area contributed by atoms with E-state index < -0.39 is 15.8 Å². The highest BCUT2D eigenvalue weighted by molar-refractivity contribution is 7.82. The monoisotopic (exact) mass is 141 g/mol. The Morgan fingerprint density at radius 2 is 2.29 bits per heavy atom. The highest BCUT2D eigenvalue weighted by Gasteiger charge is 1.97. The van der Waals surface area contributed by atoms with Crippen LogP contribution >= 0.6 is 11.6 Å². The smallest absolute Gasteiger partial charge is 0.150 e. The van der Waals surface area contributed by atoms with Crippen molar-refractivity contribution in [3.8, 4) is 0 Å². The molecule has 0 rings (SSSR count). The number of rotatable bonds is 2. The molecule has 0 amide bonds. The van der Waals surface area contributed by atoms with Crippen LogP contribution in [0.5, 0.6) is 0 Å². The molecule has 0 aromatic carbocycles. The predicted octanol–water partition coefficient (Wildman–Crippen LogP) is -0.371. The van der Waals surface area contributed by atoms with Crippen molar-refractivity contribution in [1.82, 2.24) is 0 Å². The lowest BCUT2D eigenvalue weighted by Crippen LogP contribution is -2.06. The van der Waals surface area contributed by atoms with Gasteiger partial charge in [-0.15, -0.1) is 11.6 Å². The van der Waals surface area contributed by atoms with E-state index in [0.717, 1.165) is 0 Å². The Kier molecular flexibility index (Phi) is 3.15. The highest BCUT2D eigenvalue weighted by Crippen LogP contribution is 1.92. The summed E-state index contributed by atoms with van der Waals surface area (Å²) in [7, 11) is 0. The van der Waals surface area contributed by atoms with E-state index in [2.05, 4.69) is 0 Å². The second kappa shape index (κ2) is 3.12. The molecule has 0 heterocycles. The van der Waals surface area contributed by atoms with Crippen molar-refractivity contribution >= 4 is 29.0 Å². The van der Waals surface area contributed by atoms with Gasteiger partial charge in [-0.05, 0) is 11.1 Å². The van der Waals surface area contributed by atoms with Gasteiger partial charge in [0.25, 0.3) is 0 Å². The standard InChI is InChI=1S/C2H3ClO3S/c3-2(1-4)7(5)6/h1-2H,(H,5,6)/p-1. The van der Waals surface area contributed by atoms with Gasteiger partial charge in [0.05, 0.1) is 0 Å². The molecule has 0 bridgehead atoms. The van der Waals surface area contributed by atoms with Crippen molar-refractivity contribution in [2.45, 2.75) is 4.71 Å². The number of halogens is 1. The van der Waals surface area contributed by atoms with Crippen molar-refractivity contribution in [3.63, 3.8) is 0 Å². The van der Waals surface area contributed by atoms with Crippen LogP contribution in [0.25, 0.3) is 0 Å². The van der Waals surface area contributed by atoms with E-state index in [0.29, 0.717) is 0 Å². The molecule has 0 aromatic heterocycles. The number of hydrogen-bond donors (Lipinski definition) is 0. The van der Waals surface area contributed by atoms with E-state index in [4.69, 9.17) is 11.6 Å². The van der Waals surface area contributed by atoms with Crippen LogP contribution in [-0.4, -0.2) is 19.8 Å². The van der Waals surface area contributed by atoms with Crippen LogP contribution in [0.3, 0.4) is 0 Å². The Morgan fingerprint density at radius 1 is 1.86 bits per heavy atom. The lowest BCUT2D eigenvalue weighted by Gasteiger charge is -2.02. The van der Waals surface area contributed by atoms with Crippen molar-refractivity contribution < 1.29 is 13.6 Å². The van der Waals surface area contributed by atoms with Crippen LogP contribution in [0.1, 0.15) is 0 Å². The molecule has 5 heteroatoms. The van der Waals surface area contributed by atoms with E-state index in [9.17, 15) is 13.6 Å². The molecular weight excluding hydrogens is 140 g/mol. The maximum absolute atomic E-state index is 9.57. The number of carbonyl (C=O) groups is 1. The topological polar surface area (TPSA) is 57.2 Å². The maximum atomic E-state index is 9.57. The largest absolute Gasteiger partial charge is 0.771 e. The molecule has 3 nitrogen and oxygen atoms in total. The van der Waals surface area contributed by atoms with Crippen molar-refractivity contribution in [1.29, 1.82) is 0 Å². The first-order valence-electron chi connectivity index (χ1n) is 1.36. The lowest BCUT2D eigenvalue weighted by molar-refractivity contribution is -0.106. The zero-order valence-electron chi connectivity index (χ0n) is 3.17. The number of carbonyl (C=O) groups excluding carboxylic acids is 1. The minimum atomic E-state index is -2.46. The van der Waals surface area contributed by atoms with Crippen molar-refractivity contribution in [2.75, 3.05) is 0 Å². The predicted molar refractivity (Wildman–Crippen MR) is 24.6 cm³/mol. The third-order valence-electron chi connectivity index (χ3n) is 0.291. The summed E-state index contributed by atoms with van der Waals surface area (Å²) in [5, 5.41) is 0. The summed E-state index contributed by atoms with van der Waals surface area (Å²) in [5.74, 6) is 0. The molecule has 0 fully saturated rings. The maximum Gasteiger partial charge on any atom is 0.150 e. The molecule has 0 N–H and O–H groups in total. The summed E-state index contributed by atoms with van der Waals surface area (Å²) in [5.41, 5.74) is 0. The van der Waals surface area contributed by atoms with Crippen molar-refractivity contribution in [3.05, 3.63) is 0 Å². The van der Waals surface area contributed by atoms with Crippen LogP contribution in [0.2, 0.25) is 0 Å². The van der Waals surface area contributed by atoms with E-state index in [-0.39, 0.29) is 6.29 Å². The fourth-order valence-electron chi connectivity index (χ4n) is 0.0454. The Morgan fingerprint density at radius 3 is 2.29 bits per heavy atom. The molecule has 0 aliphatic carbocycles. The van der Waals surface area contributed by atoms with Crippen LogP contribution in [-0.2, 0) is 15.9 Å². The van der Waals surface area contributed by atoms with Gasteiger partial charge in [-0.3, -0.25) is 4.21 Å². The third-order valence-corrected chi connectivity index (χ3v) is 1.31. The van der Waals surface area contributed by atoms with Gasteiger partial charge in [-0.25, -0.2) is 0 Å². The summed E-state index contributed by atoms with van der Waals surface area (Å²) in [4.78, 5) is 9.42. The Bertz CT molecular complexity index is 92.9. The van der Waals surface area contributed by atoms with Crippen LogP contribution in [0.4, 0.5) is 0 Å². The fourth-order valence-corrected chi connectivity index (χ4v) is 0.136. The van der Waals surface area contributed by atoms with Crippen molar-refractivity contribution in [2.24, 2.45) is 0 Å². The normalized spacial score (nSPS) is 18.0. The molecule has 0 saturated carbocycles. The Labute approximate surface area is 47.9 Å². The van der Waals surface area contributed by atoms with E-state index in [1.807, 2.05) is 0 Å². The number of hydrogen-bond acceptors (Lipinski definition) is 3. The second-order valence-corrected chi connectivity index (χ2v) is 2.51. The van der Waals surface area contributed by atoms with Crippen LogP contribution in [0.15, 0.2) is 0 Å². The third kappa shape index (κ3) is 2.73.